The number of hydrazone groups is 1. The average molecular weight is 451 g/mol. The Bertz CT molecular complexity index is 1090. The van der Waals surface area contributed by atoms with Crippen molar-refractivity contribution < 1.29 is 19.0 Å². The Balaban J connectivity index is 1.53. The molecule has 0 bridgehead atoms. The second-order valence-corrected chi connectivity index (χ2v) is 9.16. The van der Waals surface area contributed by atoms with Crippen molar-refractivity contribution in [3.8, 4) is 11.5 Å². The fourth-order valence-corrected chi connectivity index (χ4v) is 4.90. The lowest BCUT2D eigenvalue weighted by Gasteiger charge is -2.56. The van der Waals surface area contributed by atoms with Gasteiger partial charge in [-0.1, -0.05) is 12.1 Å². The minimum Gasteiger partial charge on any atom is -0.493 e. The summed E-state index contributed by atoms with van der Waals surface area (Å²) in [5.74, 6) is 1.30. The summed E-state index contributed by atoms with van der Waals surface area (Å²) in [6.45, 7) is 5.81. The van der Waals surface area contributed by atoms with Gasteiger partial charge in [-0.25, -0.2) is 9.80 Å². The summed E-state index contributed by atoms with van der Waals surface area (Å²) in [6.07, 6.45) is 0.645. The molecule has 1 atom stereocenters. The van der Waals surface area contributed by atoms with Crippen molar-refractivity contribution in [3.05, 3.63) is 53.1 Å². The third-order valence-corrected chi connectivity index (χ3v) is 6.80. The predicted octanol–water partition coefficient (Wildman–Crippen LogP) is 2.88. The van der Waals surface area contributed by atoms with Gasteiger partial charge in [-0.2, -0.15) is 5.10 Å². The van der Waals surface area contributed by atoms with Crippen molar-refractivity contribution in [2.75, 3.05) is 52.5 Å². The van der Waals surface area contributed by atoms with Crippen LogP contribution in [0.5, 0.6) is 11.5 Å². The molecule has 0 aliphatic carbocycles. The van der Waals surface area contributed by atoms with Crippen LogP contribution in [0.25, 0.3) is 0 Å². The monoisotopic (exact) mass is 450 g/mol. The summed E-state index contributed by atoms with van der Waals surface area (Å²) in [4.78, 5) is 15.0. The van der Waals surface area contributed by atoms with Gasteiger partial charge < -0.3 is 24.4 Å². The van der Waals surface area contributed by atoms with E-state index in [1.807, 2.05) is 19.1 Å². The first kappa shape index (κ1) is 21.6. The molecule has 1 spiro atoms. The quantitative estimate of drug-likeness (QED) is 0.775. The zero-order chi connectivity index (χ0) is 23.2. The molecule has 8 heteroatoms. The Kier molecular flexibility index (Phi) is 5.40. The summed E-state index contributed by atoms with van der Waals surface area (Å²) in [5.41, 5.74) is 5.23. The summed E-state index contributed by atoms with van der Waals surface area (Å²) in [7, 11) is 4.87. The summed E-state index contributed by atoms with van der Waals surface area (Å²) < 4.78 is 16.5. The van der Waals surface area contributed by atoms with E-state index >= 15 is 0 Å². The Morgan fingerprint density at radius 3 is 2.36 bits per heavy atom. The highest BCUT2D eigenvalue weighted by Gasteiger charge is 2.49. The lowest BCUT2D eigenvalue weighted by molar-refractivity contribution is -0.127. The van der Waals surface area contributed by atoms with Gasteiger partial charge >= 0.3 is 6.03 Å². The first-order valence-corrected chi connectivity index (χ1v) is 11.2. The number of rotatable bonds is 4. The fourth-order valence-electron chi connectivity index (χ4n) is 4.90. The number of benzene rings is 2. The van der Waals surface area contributed by atoms with Crippen LogP contribution in [0.2, 0.25) is 0 Å². The topological polar surface area (TPSA) is 75.6 Å². The van der Waals surface area contributed by atoms with Crippen LogP contribution >= 0.6 is 0 Å². The van der Waals surface area contributed by atoms with Crippen molar-refractivity contribution in [1.82, 2.24) is 10.3 Å². The van der Waals surface area contributed by atoms with Gasteiger partial charge in [-0.05, 0) is 43.2 Å². The number of fused-ring (bicyclic) bond motifs is 1. The zero-order valence-corrected chi connectivity index (χ0v) is 19.6. The number of nitrogens with zero attached hydrogens (tertiary/aromatic N) is 3. The molecule has 2 aromatic carbocycles. The number of carbonyl (C=O) groups is 1. The van der Waals surface area contributed by atoms with E-state index in [1.54, 1.807) is 21.3 Å². The smallest absolute Gasteiger partial charge is 0.337 e. The van der Waals surface area contributed by atoms with Crippen LogP contribution in [0.4, 0.5) is 10.5 Å². The molecule has 3 aliphatic heterocycles. The summed E-state index contributed by atoms with van der Waals surface area (Å²) in [5, 5.41) is 9.07. The number of hydrogen-bond donors (Lipinski definition) is 1. The van der Waals surface area contributed by atoms with E-state index in [4.69, 9.17) is 19.3 Å². The molecular formula is C25H30N4O4. The maximum atomic E-state index is 12.6. The molecule has 2 aromatic rings. The minimum absolute atomic E-state index is 0.124. The van der Waals surface area contributed by atoms with Crippen LogP contribution in [0.15, 0.2) is 41.5 Å². The highest BCUT2D eigenvalue weighted by Crippen LogP contribution is 2.40. The van der Waals surface area contributed by atoms with Crippen molar-refractivity contribution in [3.63, 3.8) is 0 Å². The van der Waals surface area contributed by atoms with Gasteiger partial charge in [0.1, 0.15) is 0 Å². The Labute approximate surface area is 194 Å². The van der Waals surface area contributed by atoms with Gasteiger partial charge in [-0.15, -0.1) is 0 Å². The van der Waals surface area contributed by atoms with Crippen LogP contribution in [0, 0.1) is 5.41 Å². The molecule has 2 saturated heterocycles. The van der Waals surface area contributed by atoms with Crippen molar-refractivity contribution >= 4 is 17.4 Å². The van der Waals surface area contributed by atoms with Crippen LogP contribution in [-0.2, 0) is 11.2 Å². The number of urea groups is 1. The number of hydrogen-bond acceptors (Lipinski definition) is 6. The van der Waals surface area contributed by atoms with E-state index in [0.29, 0.717) is 23.3 Å². The normalized spacial score (nSPS) is 20.7. The first-order valence-electron chi connectivity index (χ1n) is 11.2. The zero-order valence-electron chi connectivity index (χ0n) is 19.6. The van der Waals surface area contributed by atoms with Crippen LogP contribution < -0.4 is 19.7 Å². The van der Waals surface area contributed by atoms with Crippen molar-refractivity contribution in [2.24, 2.45) is 10.5 Å². The van der Waals surface area contributed by atoms with Crippen molar-refractivity contribution in [2.45, 2.75) is 19.4 Å². The fraction of sp³-hybridized carbons (Fsp3) is 0.440. The minimum atomic E-state index is -0.239. The largest absolute Gasteiger partial charge is 0.493 e. The maximum absolute atomic E-state index is 12.6. The predicted molar refractivity (Wildman–Crippen MR) is 127 cm³/mol. The highest BCUT2D eigenvalue weighted by atomic mass is 16.5. The standard InChI is InChI=1S/C25H30N4O4/c1-16-9-18-10-21(31-3)22(32-4)11-20(18)23(27-29(16)24(30)26-2)17-5-7-19(8-6-17)28-12-25(13-28)14-33-15-25/h5-8,10-11,16H,9,12-15H2,1-4H3,(H,26,30). The van der Waals surface area contributed by atoms with E-state index in [0.717, 1.165) is 48.7 Å². The van der Waals surface area contributed by atoms with Crippen LogP contribution in [0.1, 0.15) is 23.6 Å². The van der Waals surface area contributed by atoms with Crippen LogP contribution in [0.3, 0.4) is 0 Å². The van der Waals surface area contributed by atoms with Crippen LogP contribution in [-0.4, -0.2) is 70.4 Å². The van der Waals surface area contributed by atoms with Gasteiger partial charge in [0.25, 0.3) is 0 Å². The number of nitrogens with one attached hydrogen (secondary N) is 1. The van der Waals surface area contributed by atoms with Gasteiger partial charge in [0, 0.05) is 37.0 Å². The Morgan fingerprint density at radius 2 is 1.79 bits per heavy atom. The molecule has 33 heavy (non-hydrogen) atoms. The number of anilines is 1. The summed E-state index contributed by atoms with van der Waals surface area (Å²) in [6, 6.07) is 12.0. The molecule has 8 nitrogen and oxygen atoms in total. The summed E-state index contributed by atoms with van der Waals surface area (Å²) >= 11 is 0. The number of methoxy groups -OCH3 is 2. The number of amides is 2. The molecule has 174 valence electrons. The first-order chi connectivity index (χ1) is 16.0. The molecule has 0 aromatic heterocycles. The van der Waals surface area contributed by atoms with E-state index in [2.05, 4.69) is 34.5 Å². The van der Waals surface area contributed by atoms with E-state index in [1.165, 1.54) is 10.7 Å². The second-order valence-electron chi connectivity index (χ2n) is 9.16. The molecule has 2 fully saturated rings. The number of ether oxygens (including phenoxy) is 3. The lowest BCUT2D eigenvalue weighted by Crippen LogP contribution is -2.66. The van der Waals surface area contributed by atoms with Gasteiger partial charge in [-0.3, -0.25) is 0 Å². The molecular weight excluding hydrogens is 420 g/mol. The SMILES string of the molecule is CNC(=O)N1N=C(c2ccc(N3CC4(COC4)C3)cc2)c2cc(OC)c(OC)cc2CC1C. The molecule has 1 N–H and O–H groups in total. The molecule has 5 rings (SSSR count). The third kappa shape index (κ3) is 3.68. The lowest BCUT2D eigenvalue weighted by atomic mass is 9.78. The Hall–Kier alpha value is -3.26. The molecule has 2 amide bonds. The third-order valence-electron chi connectivity index (χ3n) is 6.80. The molecule has 3 heterocycles. The van der Waals surface area contributed by atoms with E-state index < -0.39 is 0 Å². The average Bonchev–Trinajstić information content (AvgIpc) is 2.91. The Morgan fingerprint density at radius 1 is 1.12 bits per heavy atom. The highest BCUT2D eigenvalue weighted by molar-refractivity contribution is 6.14. The van der Waals surface area contributed by atoms with E-state index in [9.17, 15) is 4.79 Å². The molecule has 1 unspecified atom stereocenters. The van der Waals surface area contributed by atoms with Gasteiger partial charge in [0.2, 0.25) is 0 Å². The van der Waals surface area contributed by atoms with Gasteiger partial charge in [0.05, 0.1) is 44.6 Å². The maximum Gasteiger partial charge on any atom is 0.337 e. The second kappa shape index (κ2) is 8.26. The molecule has 3 aliphatic rings. The molecule has 0 saturated carbocycles. The van der Waals surface area contributed by atoms with E-state index in [-0.39, 0.29) is 12.1 Å². The molecule has 0 radical (unpaired) electrons. The van der Waals surface area contributed by atoms with Gasteiger partial charge in [0.15, 0.2) is 11.5 Å². The van der Waals surface area contributed by atoms with Crippen molar-refractivity contribution in [1.29, 1.82) is 0 Å². The number of carbonyl (C=O) groups excluding carboxylic acids is 1.